The standard InChI is InChI=1S/C6H10/c1-3-6(2)4-5-6/h1H,3-5H2,2H3. The maximum Gasteiger partial charge on any atom is -0.0323 e. The van der Waals surface area contributed by atoms with Gasteiger partial charge < -0.3 is 0 Å². The first kappa shape index (κ1) is 4.17. The Morgan fingerprint density at radius 2 is 2.17 bits per heavy atom. The van der Waals surface area contributed by atoms with Crippen LogP contribution in [-0.4, -0.2) is 0 Å². The fourth-order valence-electron chi connectivity index (χ4n) is 0.418. The summed E-state index contributed by atoms with van der Waals surface area (Å²) in [6.45, 7) is 7.60. The van der Waals surface area contributed by atoms with E-state index in [9.17, 15) is 0 Å². The van der Waals surface area contributed by atoms with E-state index in [1.165, 1.54) is 12.8 Å². The van der Waals surface area contributed by atoms with Gasteiger partial charge in [0.1, 0.15) is 0 Å². The van der Waals surface area contributed by atoms with Crippen molar-refractivity contribution in [1.82, 2.24) is 0 Å². The van der Waals surface area contributed by atoms with Gasteiger partial charge in [-0.05, 0) is 31.6 Å². The fourth-order valence-corrected chi connectivity index (χ4v) is 0.418. The van der Waals surface area contributed by atoms with Crippen molar-refractivity contribution < 1.29 is 0 Å². The van der Waals surface area contributed by atoms with Crippen LogP contribution >= 0.6 is 0 Å². The Bertz CT molecular complexity index is 51.1. The predicted molar refractivity (Wildman–Crippen MR) is 26.3 cm³/mol. The van der Waals surface area contributed by atoms with Crippen LogP contribution in [0.1, 0.15) is 26.2 Å². The molecular formula is C6H10. The first-order valence-corrected chi connectivity index (χ1v) is 2.47. The van der Waals surface area contributed by atoms with Crippen LogP contribution in [0.25, 0.3) is 0 Å². The average Bonchev–Trinajstić information content (AvgIpc) is 2.22. The predicted octanol–water partition coefficient (Wildman–Crippen LogP) is 1.89. The van der Waals surface area contributed by atoms with Crippen LogP contribution in [0.5, 0.6) is 0 Å². The van der Waals surface area contributed by atoms with Crippen LogP contribution in [0.2, 0.25) is 0 Å². The van der Waals surface area contributed by atoms with Gasteiger partial charge in [-0.25, -0.2) is 0 Å². The van der Waals surface area contributed by atoms with E-state index in [-0.39, 0.29) is 0 Å². The van der Waals surface area contributed by atoms with Gasteiger partial charge in [0.05, 0.1) is 0 Å². The highest BCUT2D eigenvalue weighted by Gasteiger charge is 2.34. The van der Waals surface area contributed by atoms with E-state index < -0.39 is 0 Å². The molecule has 0 aromatic rings. The quantitative estimate of drug-likeness (QED) is 0.453. The topological polar surface area (TPSA) is 0 Å². The summed E-state index contributed by atoms with van der Waals surface area (Å²) in [7, 11) is 0. The molecular weight excluding hydrogens is 72.1 g/mol. The second-order valence-corrected chi connectivity index (χ2v) is 2.51. The molecule has 0 aromatic carbocycles. The Labute approximate surface area is 39.6 Å². The minimum absolute atomic E-state index is 0.569. The molecule has 0 aliphatic heterocycles. The lowest BCUT2D eigenvalue weighted by Crippen LogP contribution is -1.85. The summed E-state index contributed by atoms with van der Waals surface area (Å²) in [5, 5.41) is 0. The van der Waals surface area contributed by atoms with Gasteiger partial charge >= 0.3 is 0 Å². The third-order valence-electron chi connectivity index (χ3n) is 1.60. The van der Waals surface area contributed by atoms with E-state index in [2.05, 4.69) is 6.92 Å². The molecule has 1 rings (SSSR count). The van der Waals surface area contributed by atoms with Crippen molar-refractivity contribution in [3.05, 3.63) is 6.92 Å². The highest BCUT2D eigenvalue weighted by Crippen LogP contribution is 2.47. The number of hydrogen-bond donors (Lipinski definition) is 0. The molecule has 0 bridgehead atoms. The van der Waals surface area contributed by atoms with Crippen LogP contribution in [0.4, 0.5) is 0 Å². The summed E-state index contributed by atoms with van der Waals surface area (Å²) >= 11 is 0. The molecule has 1 aliphatic carbocycles. The smallest absolute Gasteiger partial charge is 0.0323 e. The Morgan fingerprint density at radius 1 is 1.67 bits per heavy atom. The third-order valence-corrected chi connectivity index (χ3v) is 1.60. The van der Waals surface area contributed by atoms with E-state index in [1.54, 1.807) is 0 Å². The van der Waals surface area contributed by atoms with E-state index in [0.29, 0.717) is 5.41 Å². The fraction of sp³-hybridized carbons (Fsp3) is 0.833. The van der Waals surface area contributed by atoms with Crippen molar-refractivity contribution in [2.45, 2.75) is 26.2 Å². The summed E-state index contributed by atoms with van der Waals surface area (Å²) in [5.74, 6) is 0. The average molecular weight is 82.1 g/mol. The second kappa shape index (κ2) is 0.988. The molecule has 6 heavy (non-hydrogen) atoms. The zero-order valence-corrected chi connectivity index (χ0v) is 4.20. The molecule has 2 radical (unpaired) electrons. The SMILES string of the molecule is [CH]CC1(C)CC1. The first-order chi connectivity index (χ1) is 2.77. The van der Waals surface area contributed by atoms with Crippen molar-refractivity contribution in [2.24, 2.45) is 5.41 Å². The first-order valence-electron chi connectivity index (χ1n) is 2.47. The molecule has 0 aromatic heterocycles. The Balaban J connectivity index is 2.28. The van der Waals surface area contributed by atoms with Crippen molar-refractivity contribution in [3.63, 3.8) is 0 Å². The maximum atomic E-state index is 5.37. The van der Waals surface area contributed by atoms with E-state index in [0.717, 1.165) is 6.42 Å². The van der Waals surface area contributed by atoms with Gasteiger partial charge in [0, 0.05) is 0 Å². The highest BCUT2D eigenvalue weighted by molar-refractivity contribution is 4.88. The molecule has 0 spiro atoms. The van der Waals surface area contributed by atoms with Crippen molar-refractivity contribution >= 4 is 0 Å². The largest absolute Gasteiger partial charge is 0.0596 e. The van der Waals surface area contributed by atoms with Gasteiger partial charge in [0.15, 0.2) is 0 Å². The third kappa shape index (κ3) is 0.562. The normalized spacial score (nSPS) is 27.0. The zero-order valence-electron chi connectivity index (χ0n) is 4.20. The molecule has 0 heterocycles. The minimum Gasteiger partial charge on any atom is -0.0596 e. The second-order valence-electron chi connectivity index (χ2n) is 2.51. The van der Waals surface area contributed by atoms with E-state index in [4.69, 9.17) is 6.92 Å². The highest BCUT2D eigenvalue weighted by atomic mass is 14.4. The molecule has 1 saturated carbocycles. The summed E-state index contributed by atoms with van der Waals surface area (Å²) in [5.41, 5.74) is 0.569. The Kier molecular flexibility index (Phi) is 0.686. The van der Waals surface area contributed by atoms with Crippen molar-refractivity contribution in [2.75, 3.05) is 0 Å². The molecule has 0 amide bonds. The van der Waals surface area contributed by atoms with Gasteiger partial charge in [0.2, 0.25) is 0 Å². The van der Waals surface area contributed by atoms with Crippen LogP contribution in [-0.2, 0) is 0 Å². The summed E-state index contributed by atoms with van der Waals surface area (Å²) in [6.07, 6.45) is 3.58. The zero-order chi connectivity index (χ0) is 4.62. The van der Waals surface area contributed by atoms with Crippen LogP contribution in [0, 0.1) is 12.3 Å². The van der Waals surface area contributed by atoms with Crippen LogP contribution in [0.3, 0.4) is 0 Å². The molecule has 0 N–H and O–H groups in total. The molecule has 34 valence electrons. The van der Waals surface area contributed by atoms with Gasteiger partial charge in [-0.3, -0.25) is 0 Å². The summed E-state index contributed by atoms with van der Waals surface area (Å²) in [6, 6.07) is 0. The number of rotatable bonds is 1. The lowest BCUT2D eigenvalue weighted by molar-refractivity contribution is 0.582. The van der Waals surface area contributed by atoms with Crippen molar-refractivity contribution in [3.8, 4) is 0 Å². The molecule has 0 atom stereocenters. The van der Waals surface area contributed by atoms with Crippen LogP contribution < -0.4 is 0 Å². The van der Waals surface area contributed by atoms with Gasteiger partial charge in [-0.2, -0.15) is 0 Å². The minimum atomic E-state index is 0.569. The van der Waals surface area contributed by atoms with Crippen LogP contribution in [0.15, 0.2) is 0 Å². The number of hydrogen-bond acceptors (Lipinski definition) is 0. The summed E-state index contributed by atoms with van der Waals surface area (Å²) in [4.78, 5) is 0. The molecule has 1 aliphatic rings. The molecule has 0 nitrogen and oxygen atoms in total. The molecule has 0 saturated heterocycles. The van der Waals surface area contributed by atoms with E-state index in [1.807, 2.05) is 0 Å². The summed E-state index contributed by atoms with van der Waals surface area (Å²) < 4.78 is 0. The van der Waals surface area contributed by atoms with Gasteiger partial charge in [-0.1, -0.05) is 6.92 Å². The lowest BCUT2D eigenvalue weighted by Gasteiger charge is -1.96. The molecule has 1 fully saturated rings. The lowest BCUT2D eigenvalue weighted by atomic mass is 10.1. The van der Waals surface area contributed by atoms with Gasteiger partial charge in [0.25, 0.3) is 0 Å². The monoisotopic (exact) mass is 82.1 g/mol. The molecule has 0 unspecified atom stereocenters. The molecule has 0 heteroatoms. The Morgan fingerprint density at radius 3 is 2.17 bits per heavy atom. The Hall–Kier alpha value is 0. The van der Waals surface area contributed by atoms with Crippen molar-refractivity contribution in [1.29, 1.82) is 0 Å². The van der Waals surface area contributed by atoms with Gasteiger partial charge in [-0.15, -0.1) is 0 Å². The maximum absolute atomic E-state index is 5.37. The van der Waals surface area contributed by atoms with E-state index >= 15 is 0 Å².